The van der Waals surface area contributed by atoms with Crippen LogP contribution in [0.2, 0.25) is 0 Å². The first-order valence-corrected chi connectivity index (χ1v) is 13.2. The Morgan fingerprint density at radius 2 is 0.972 bits per heavy atom. The van der Waals surface area contributed by atoms with Crippen molar-refractivity contribution in [3.63, 3.8) is 0 Å². The molecule has 5 nitrogen and oxygen atoms in total. The first kappa shape index (κ1) is 27.3. The van der Waals surface area contributed by atoms with Crippen molar-refractivity contribution in [1.82, 2.24) is 0 Å². The predicted molar refractivity (Wildman–Crippen MR) is 144 cm³/mol. The first-order chi connectivity index (χ1) is 17.3. The summed E-state index contributed by atoms with van der Waals surface area (Å²) >= 11 is 0. The van der Waals surface area contributed by atoms with Gasteiger partial charge in [0.05, 0.1) is 0 Å². The summed E-state index contributed by atoms with van der Waals surface area (Å²) in [7, 11) is 0. The summed E-state index contributed by atoms with van der Waals surface area (Å²) in [5.74, 6) is -0.460. The number of unbranched alkanes of at least 4 members (excludes halogenated alkanes) is 6. The zero-order chi connectivity index (χ0) is 26.1. The van der Waals surface area contributed by atoms with Gasteiger partial charge in [0.25, 0.3) is 0 Å². The van der Waals surface area contributed by atoms with E-state index >= 15 is 0 Å². The Morgan fingerprint density at radius 3 is 1.39 bits per heavy atom. The second-order valence-corrected chi connectivity index (χ2v) is 9.73. The standard InChI is InChI=1S/C31H40O5/c1-3-5-7-9-11-22-17-25(29(35)19-27(22)33)31(21-13-15-24(32)16-14-21)26-18-23(12-10-8-6-4-2)28(34)20-30(26)36/h13-20,31-36H,3-12H2,1-2H3. The molecule has 0 radical (unpaired) electrons. The highest BCUT2D eigenvalue weighted by Gasteiger charge is 2.26. The van der Waals surface area contributed by atoms with Gasteiger partial charge in [0.15, 0.2) is 0 Å². The maximum Gasteiger partial charge on any atom is 0.123 e. The van der Waals surface area contributed by atoms with Gasteiger partial charge in [-0.25, -0.2) is 0 Å². The Kier molecular flexibility index (Phi) is 9.92. The van der Waals surface area contributed by atoms with Gasteiger partial charge in [-0.15, -0.1) is 0 Å². The molecule has 0 atom stereocenters. The maximum atomic E-state index is 10.9. The lowest BCUT2D eigenvalue weighted by atomic mass is 9.82. The monoisotopic (exact) mass is 492 g/mol. The van der Waals surface area contributed by atoms with Gasteiger partial charge in [-0.05, 0) is 66.6 Å². The molecule has 0 amide bonds. The molecule has 0 unspecified atom stereocenters. The SMILES string of the molecule is CCCCCCc1cc(C(c2ccc(O)cc2)c2cc(CCCCCC)c(O)cc2O)c(O)cc1O. The van der Waals surface area contributed by atoms with Gasteiger partial charge < -0.3 is 25.5 Å². The summed E-state index contributed by atoms with van der Waals surface area (Å²) in [6, 6.07) is 13.1. The smallest absolute Gasteiger partial charge is 0.123 e. The van der Waals surface area contributed by atoms with Gasteiger partial charge in [-0.1, -0.05) is 64.5 Å². The van der Waals surface area contributed by atoms with Crippen LogP contribution in [0, 0.1) is 0 Å². The fraction of sp³-hybridized carbons (Fsp3) is 0.419. The van der Waals surface area contributed by atoms with Crippen molar-refractivity contribution in [2.45, 2.75) is 84.0 Å². The Labute approximate surface area is 214 Å². The molecule has 0 aliphatic carbocycles. The molecule has 0 spiro atoms. The Morgan fingerprint density at radius 1 is 0.528 bits per heavy atom. The summed E-state index contributed by atoms with van der Waals surface area (Å²) in [6.45, 7) is 4.31. The molecular formula is C31H40O5. The van der Waals surface area contributed by atoms with Gasteiger partial charge in [-0.2, -0.15) is 0 Å². The molecule has 194 valence electrons. The van der Waals surface area contributed by atoms with Crippen LogP contribution in [-0.4, -0.2) is 25.5 Å². The van der Waals surface area contributed by atoms with Crippen molar-refractivity contribution in [3.8, 4) is 28.7 Å². The zero-order valence-electron chi connectivity index (χ0n) is 21.5. The van der Waals surface area contributed by atoms with Gasteiger partial charge >= 0.3 is 0 Å². The van der Waals surface area contributed by atoms with Crippen LogP contribution < -0.4 is 0 Å². The lowest BCUT2D eigenvalue weighted by Crippen LogP contribution is -2.06. The van der Waals surface area contributed by atoms with Crippen LogP contribution in [-0.2, 0) is 12.8 Å². The molecule has 5 N–H and O–H groups in total. The van der Waals surface area contributed by atoms with E-state index in [4.69, 9.17) is 0 Å². The minimum Gasteiger partial charge on any atom is -0.508 e. The molecule has 0 bridgehead atoms. The normalized spacial score (nSPS) is 11.3. The molecule has 3 rings (SSSR count). The fourth-order valence-electron chi connectivity index (χ4n) is 4.82. The van der Waals surface area contributed by atoms with E-state index in [1.165, 1.54) is 12.1 Å². The van der Waals surface area contributed by atoms with E-state index in [-0.39, 0.29) is 28.7 Å². The van der Waals surface area contributed by atoms with Crippen LogP contribution in [0.3, 0.4) is 0 Å². The van der Waals surface area contributed by atoms with Gasteiger partial charge in [0.1, 0.15) is 28.7 Å². The minimum absolute atomic E-state index is 0.0590. The number of aromatic hydroxyl groups is 5. The molecule has 5 heteroatoms. The molecule has 0 aromatic heterocycles. The van der Waals surface area contributed by atoms with Crippen LogP contribution in [0.1, 0.15) is 98.9 Å². The minimum atomic E-state index is -0.560. The highest BCUT2D eigenvalue weighted by molar-refractivity contribution is 5.58. The molecule has 0 saturated carbocycles. The Hall–Kier alpha value is -3.34. The van der Waals surface area contributed by atoms with Crippen molar-refractivity contribution < 1.29 is 25.5 Å². The molecule has 3 aromatic rings. The van der Waals surface area contributed by atoms with Crippen molar-refractivity contribution in [3.05, 3.63) is 76.3 Å². The number of hydrogen-bond donors (Lipinski definition) is 5. The number of phenols is 5. The molecule has 36 heavy (non-hydrogen) atoms. The summed E-state index contributed by atoms with van der Waals surface area (Å²) in [5.41, 5.74) is 3.38. The number of phenolic OH excluding ortho intramolecular Hbond substituents is 5. The highest BCUT2D eigenvalue weighted by Crippen LogP contribution is 2.44. The Balaban J connectivity index is 2.09. The van der Waals surface area contributed by atoms with Crippen LogP contribution in [0.4, 0.5) is 0 Å². The molecule has 0 fully saturated rings. The third-order valence-electron chi connectivity index (χ3n) is 6.90. The lowest BCUT2D eigenvalue weighted by Gasteiger charge is -2.23. The second-order valence-electron chi connectivity index (χ2n) is 9.73. The van der Waals surface area contributed by atoms with Crippen LogP contribution >= 0.6 is 0 Å². The second kappa shape index (κ2) is 13.1. The molecular weight excluding hydrogens is 452 g/mol. The fourth-order valence-corrected chi connectivity index (χ4v) is 4.82. The van der Waals surface area contributed by atoms with E-state index in [1.807, 2.05) is 12.1 Å². The van der Waals surface area contributed by atoms with Crippen molar-refractivity contribution in [2.24, 2.45) is 0 Å². The third-order valence-corrected chi connectivity index (χ3v) is 6.90. The van der Waals surface area contributed by atoms with E-state index in [1.54, 1.807) is 24.3 Å². The van der Waals surface area contributed by atoms with Crippen molar-refractivity contribution in [1.29, 1.82) is 0 Å². The highest BCUT2D eigenvalue weighted by atomic mass is 16.3. The summed E-state index contributed by atoms with van der Waals surface area (Å²) < 4.78 is 0. The van der Waals surface area contributed by atoms with Gasteiger partial charge in [-0.3, -0.25) is 0 Å². The largest absolute Gasteiger partial charge is 0.508 e. The summed E-state index contributed by atoms with van der Waals surface area (Å²) in [6.07, 6.45) is 9.87. The average molecular weight is 493 g/mol. The van der Waals surface area contributed by atoms with E-state index in [2.05, 4.69) is 13.8 Å². The first-order valence-electron chi connectivity index (χ1n) is 13.2. The van der Waals surface area contributed by atoms with E-state index in [9.17, 15) is 25.5 Å². The zero-order valence-corrected chi connectivity index (χ0v) is 21.5. The number of rotatable bonds is 13. The van der Waals surface area contributed by atoms with Crippen molar-refractivity contribution >= 4 is 0 Å². The predicted octanol–water partition coefficient (Wildman–Crippen LogP) is 7.64. The summed E-state index contributed by atoms with van der Waals surface area (Å²) in [5, 5.41) is 52.8. The third kappa shape index (κ3) is 6.87. The topological polar surface area (TPSA) is 101 Å². The van der Waals surface area contributed by atoms with E-state index in [0.29, 0.717) is 24.0 Å². The molecule has 0 heterocycles. The van der Waals surface area contributed by atoms with Crippen LogP contribution in [0.15, 0.2) is 48.5 Å². The average Bonchev–Trinajstić information content (AvgIpc) is 2.85. The van der Waals surface area contributed by atoms with Crippen LogP contribution in [0.25, 0.3) is 0 Å². The molecule has 3 aromatic carbocycles. The molecule has 0 aliphatic rings. The number of hydrogen-bond acceptors (Lipinski definition) is 5. The number of benzene rings is 3. The Bertz CT molecular complexity index is 1050. The van der Waals surface area contributed by atoms with Gasteiger partial charge in [0.2, 0.25) is 0 Å². The number of aryl methyl sites for hydroxylation is 2. The summed E-state index contributed by atoms with van der Waals surface area (Å²) in [4.78, 5) is 0. The maximum absolute atomic E-state index is 10.9. The lowest BCUT2D eigenvalue weighted by molar-refractivity contribution is 0.435. The van der Waals surface area contributed by atoms with E-state index < -0.39 is 5.92 Å². The van der Waals surface area contributed by atoms with Crippen molar-refractivity contribution in [2.75, 3.05) is 0 Å². The van der Waals surface area contributed by atoms with Crippen LogP contribution in [0.5, 0.6) is 28.7 Å². The van der Waals surface area contributed by atoms with E-state index in [0.717, 1.165) is 68.1 Å². The van der Waals surface area contributed by atoms with Gasteiger partial charge in [0, 0.05) is 29.2 Å². The quantitative estimate of drug-likeness (QED) is 0.125. The molecule has 0 aliphatic heterocycles. The molecule has 0 saturated heterocycles.